The van der Waals surface area contributed by atoms with Crippen molar-refractivity contribution in [2.75, 3.05) is 5.32 Å². The minimum atomic E-state index is -0.274. The number of ether oxygens (including phenoxy) is 1. The molecule has 0 unspecified atom stereocenters. The average molecular weight is 450 g/mol. The van der Waals surface area contributed by atoms with Crippen molar-refractivity contribution in [2.24, 2.45) is 0 Å². The second-order valence-electron chi connectivity index (χ2n) is 7.53. The third-order valence-electron chi connectivity index (χ3n) is 5.32. The molecule has 0 saturated carbocycles. The summed E-state index contributed by atoms with van der Waals surface area (Å²) in [5, 5.41) is 12.5. The molecule has 4 aromatic rings. The van der Waals surface area contributed by atoms with E-state index < -0.39 is 0 Å². The van der Waals surface area contributed by atoms with Gasteiger partial charge in [-0.1, -0.05) is 35.9 Å². The minimum Gasteiger partial charge on any atom is -0.471 e. The van der Waals surface area contributed by atoms with Gasteiger partial charge < -0.3 is 10.1 Å². The van der Waals surface area contributed by atoms with Gasteiger partial charge in [-0.2, -0.15) is 10.2 Å². The van der Waals surface area contributed by atoms with Crippen molar-refractivity contribution in [2.45, 2.75) is 34.0 Å². The van der Waals surface area contributed by atoms with Crippen LogP contribution in [0.4, 0.5) is 5.69 Å². The number of nitrogens with zero attached hydrogens (tertiary/aromatic N) is 4. The molecule has 8 heteroatoms. The van der Waals surface area contributed by atoms with Gasteiger partial charge in [0.15, 0.2) is 6.73 Å². The molecule has 32 heavy (non-hydrogen) atoms. The van der Waals surface area contributed by atoms with Gasteiger partial charge >= 0.3 is 0 Å². The van der Waals surface area contributed by atoms with Crippen LogP contribution in [0.2, 0.25) is 5.02 Å². The van der Waals surface area contributed by atoms with Gasteiger partial charge in [0, 0.05) is 11.2 Å². The van der Waals surface area contributed by atoms with Crippen molar-refractivity contribution in [3.63, 3.8) is 0 Å². The largest absolute Gasteiger partial charge is 0.471 e. The summed E-state index contributed by atoms with van der Waals surface area (Å²) in [5.41, 5.74) is 5.14. The molecule has 164 valence electrons. The number of rotatable bonds is 7. The lowest BCUT2D eigenvalue weighted by Gasteiger charge is -2.11. The van der Waals surface area contributed by atoms with E-state index in [-0.39, 0.29) is 12.6 Å². The van der Waals surface area contributed by atoms with E-state index in [1.54, 1.807) is 36.5 Å². The topological polar surface area (TPSA) is 74.0 Å². The SMILES string of the molecule is Cc1ccccc1Cn1nc(C)c(NC(=O)c2ccnn2COc2ccc(Cl)cc2)c1C. The molecule has 2 heterocycles. The van der Waals surface area contributed by atoms with Gasteiger partial charge in [-0.25, -0.2) is 4.68 Å². The highest BCUT2D eigenvalue weighted by Gasteiger charge is 2.18. The molecular weight excluding hydrogens is 426 g/mol. The molecule has 1 N–H and O–H groups in total. The Morgan fingerprint density at radius 1 is 1.03 bits per heavy atom. The van der Waals surface area contributed by atoms with Crippen LogP contribution < -0.4 is 10.1 Å². The molecule has 1 amide bonds. The van der Waals surface area contributed by atoms with Crippen molar-refractivity contribution in [1.82, 2.24) is 19.6 Å². The molecule has 0 atom stereocenters. The van der Waals surface area contributed by atoms with Gasteiger partial charge in [-0.3, -0.25) is 9.48 Å². The van der Waals surface area contributed by atoms with Gasteiger partial charge in [-0.05, 0) is 62.2 Å². The highest BCUT2D eigenvalue weighted by molar-refractivity contribution is 6.30. The van der Waals surface area contributed by atoms with Gasteiger partial charge in [0.05, 0.1) is 23.6 Å². The number of aromatic nitrogens is 4. The monoisotopic (exact) mass is 449 g/mol. The maximum Gasteiger partial charge on any atom is 0.274 e. The predicted octanol–water partition coefficient (Wildman–Crippen LogP) is 5.00. The van der Waals surface area contributed by atoms with E-state index in [2.05, 4.69) is 34.6 Å². The van der Waals surface area contributed by atoms with Crippen LogP contribution in [0, 0.1) is 20.8 Å². The molecule has 7 nitrogen and oxygen atoms in total. The van der Waals surface area contributed by atoms with E-state index in [1.807, 2.05) is 30.7 Å². The fraction of sp³-hybridized carbons (Fsp3) is 0.208. The number of halogens is 1. The van der Waals surface area contributed by atoms with Gasteiger partial charge in [-0.15, -0.1) is 0 Å². The Bertz CT molecular complexity index is 1240. The van der Waals surface area contributed by atoms with Crippen molar-refractivity contribution in [3.05, 3.63) is 94.0 Å². The molecule has 0 aliphatic rings. The Balaban J connectivity index is 1.48. The fourth-order valence-corrected chi connectivity index (χ4v) is 3.58. The minimum absolute atomic E-state index is 0.0991. The zero-order valence-corrected chi connectivity index (χ0v) is 18.9. The molecule has 4 rings (SSSR count). The summed E-state index contributed by atoms with van der Waals surface area (Å²) in [6.07, 6.45) is 1.57. The maximum absolute atomic E-state index is 13.0. The molecule has 2 aromatic carbocycles. The van der Waals surface area contributed by atoms with E-state index >= 15 is 0 Å². The lowest BCUT2D eigenvalue weighted by molar-refractivity contribution is 0.100. The number of nitrogens with one attached hydrogen (secondary N) is 1. The summed E-state index contributed by atoms with van der Waals surface area (Å²) < 4.78 is 9.14. The second kappa shape index (κ2) is 9.28. The number of carbonyl (C=O) groups is 1. The first-order chi connectivity index (χ1) is 15.4. The van der Waals surface area contributed by atoms with E-state index in [0.717, 1.165) is 11.4 Å². The van der Waals surface area contributed by atoms with Crippen LogP contribution in [0.1, 0.15) is 33.0 Å². The number of carbonyl (C=O) groups excluding carboxylic acids is 1. The molecule has 0 aliphatic carbocycles. The molecule has 0 spiro atoms. The van der Waals surface area contributed by atoms with E-state index in [4.69, 9.17) is 16.3 Å². The van der Waals surface area contributed by atoms with E-state index in [0.29, 0.717) is 28.7 Å². The number of hydrogen-bond donors (Lipinski definition) is 1. The zero-order chi connectivity index (χ0) is 22.7. The molecular formula is C24H24ClN5O2. The van der Waals surface area contributed by atoms with Crippen LogP contribution in [0.3, 0.4) is 0 Å². The molecule has 0 radical (unpaired) electrons. The highest BCUT2D eigenvalue weighted by atomic mass is 35.5. The highest BCUT2D eigenvalue weighted by Crippen LogP contribution is 2.22. The summed E-state index contributed by atoms with van der Waals surface area (Å²) in [6, 6.07) is 16.9. The lowest BCUT2D eigenvalue weighted by Crippen LogP contribution is -2.20. The smallest absolute Gasteiger partial charge is 0.274 e. The quantitative estimate of drug-likeness (QED) is 0.431. The standard InChI is InChI=1S/C24H24ClN5O2/c1-16-6-4-5-7-19(16)14-29-18(3)23(17(2)28-29)27-24(31)22-12-13-26-30(22)15-32-21-10-8-20(25)9-11-21/h4-13H,14-15H2,1-3H3,(H,27,31). The predicted molar refractivity (Wildman–Crippen MR) is 124 cm³/mol. The van der Waals surface area contributed by atoms with Crippen LogP contribution in [0.25, 0.3) is 0 Å². The molecule has 0 aliphatic heterocycles. The van der Waals surface area contributed by atoms with Crippen molar-refractivity contribution < 1.29 is 9.53 Å². The molecule has 0 fully saturated rings. The third kappa shape index (κ3) is 4.68. The summed E-state index contributed by atoms with van der Waals surface area (Å²) in [5.74, 6) is 0.365. The maximum atomic E-state index is 13.0. The zero-order valence-electron chi connectivity index (χ0n) is 18.2. The van der Waals surface area contributed by atoms with Gasteiger partial charge in [0.1, 0.15) is 11.4 Å². The van der Waals surface area contributed by atoms with Gasteiger partial charge in [0.25, 0.3) is 5.91 Å². The summed E-state index contributed by atoms with van der Waals surface area (Å²) in [4.78, 5) is 13.0. The van der Waals surface area contributed by atoms with E-state index in [1.165, 1.54) is 15.8 Å². The van der Waals surface area contributed by atoms with Crippen LogP contribution in [0.15, 0.2) is 60.8 Å². The fourth-order valence-electron chi connectivity index (χ4n) is 3.45. The number of amides is 1. The number of aryl methyl sites for hydroxylation is 2. The third-order valence-corrected chi connectivity index (χ3v) is 5.57. The first-order valence-corrected chi connectivity index (χ1v) is 10.6. The Kier molecular flexibility index (Phi) is 6.28. The Hall–Kier alpha value is -3.58. The van der Waals surface area contributed by atoms with Crippen LogP contribution in [-0.4, -0.2) is 25.5 Å². The number of benzene rings is 2. The first-order valence-electron chi connectivity index (χ1n) is 10.2. The van der Waals surface area contributed by atoms with Crippen LogP contribution in [-0.2, 0) is 13.3 Å². The van der Waals surface area contributed by atoms with Crippen LogP contribution in [0.5, 0.6) is 5.75 Å². The van der Waals surface area contributed by atoms with Crippen molar-refractivity contribution >= 4 is 23.2 Å². The van der Waals surface area contributed by atoms with Crippen LogP contribution >= 0.6 is 11.6 Å². The Morgan fingerprint density at radius 2 is 1.78 bits per heavy atom. The summed E-state index contributed by atoms with van der Waals surface area (Å²) in [7, 11) is 0. The molecule has 0 bridgehead atoms. The normalized spacial score (nSPS) is 10.9. The molecule has 0 saturated heterocycles. The van der Waals surface area contributed by atoms with E-state index in [9.17, 15) is 4.79 Å². The number of anilines is 1. The first kappa shape index (κ1) is 21.6. The van der Waals surface area contributed by atoms with Gasteiger partial charge in [0.2, 0.25) is 0 Å². The Morgan fingerprint density at radius 3 is 2.53 bits per heavy atom. The number of hydrogen-bond acceptors (Lipinski definition) is 4. The average Bonchev–Trinajstić information content (AvgIpc) is 3.35. The lowest BCUT2D eigenvalue weighted by atomic mass is 10.1. The van der Waals surface area contributed by atoms with Crippen molar-refractivity contribution in [3.8, 4) is 5.75 Å². The summed E-state index contributed by atoms with van der Waals surface area (Å²) >= 11 is 5.90. The second-order valence-corrected chi connectivity index (χ2v) is 7.96. The van der Waals surface area contributed by atoms with Crippen molar-refractivity contribution in [1.29, 1.82) is 0 Å². The molecule has 2 aromatic heterocycles. The summed E-state index contributed by atoms with van der Waals surface area (Å²) in [6.45, 7) is 6.66. The Labute approximate surface area is 191 Å².